The number of aliphatic hydroxyl groups is 1. The van der Waals surface area contributed by atoms with Gasteiger partial charge in [0.25, 0.3) is 5.91 Å². The summed E-state index contributed by atoms with van der Waals surface area (Å²) in [5.41, 5.74) is 2.69. The summed E-state index contributed by atoms with van der Waals surface area (Å²) in [6.07, 6.45) is 4.03. The lowest BCUT2D eigenvalue weighted by Gasteiger charge is -2.33. The van der Waals surface area contributed by atoms with Gasteiger partial charge in [-0.1, -0.05) is 6.07 Å². The molecule has 3 heterocycles. The fourth-order valence-corrected chi connectivity index (χ4v) is 3.44. The number of aromatic amines is 1. The number of carbonyl (C=O) groups is 1. The van der Waals surface area contributed by atoms with E-state index in [9.17, 15) is 9.90 Å². The standard InChI is InChI=1S/C21H25N7O2.H2/c1-13-8-17(27-26-13)24-19-11-22-10-18(25-19)23-16-5-4-14-6-7-28(12-15(14)9-16)20(29)21(2,3)30;/h4-5,8-11,30H,6-7,12H2,1-3H3,(H3,23,24,25,26,27);1H. The third-order valence-corrected chi connectivity index (χ3v) is 4.90. The lowest BCUT2D eigenvalue weighted by Crippen LogP contribution is -2.47. The Labute approximate surface area is 176 Å². The van der Waals surface area contributed by atoms with Crippen molar-refractivity contribution in [3.05, 3.63) is 53.5 Å². The molecule has 0 spiro atoms. The van der Waals surface area contributed by atoms with Gasteiger partial charge in [-0.3, -0.25) is 14.9 Å². The average Bonchev–Trinajstić information content (AvgIpc) is 3.11. The highest BCUT2D eigenvalue weighted by atomic mass is 16.3. The van der Waals surface area contributed by atoms with Crippen molar-refractivity contribution < 1.29 is 11.3 Å². The van der Waals surface area contributed by atoms with Gasteiger partial charge in [-0.25, -0.2) is 4.98 Å². The molecule has 1 aliphatic heterocycles. The Morgan fingerprint density at radius 3 is 2.63 bits per heavy atom. The lowest BCUT2D eigenvalue weighted by atomic mass is 9.97. The number of rotatable bonds is 5. The van der Waals surface area contributed by atoms with Crippen LogP contribution in [0.2, 0.25) is 0 Å². The summed E-state index contributed by atoms with van der Waals surface area (Å²) >= 11 is 0. The minimum absolute atomic E-state index is 0. The van der Waals surface area contributed by atoms with E-state index >= 15 is 0 Å². The highest BCUT2D eigenvalue weighted by Gasteiger charge is 2.31. The largest absolute Gasteiger partial charge is 0.381 e. The van der Waals surface area contributed by atoms with Crippen LogP contribution in [-0.4, -0.2) is 48.2 Å². The van der Waals surface area contributed by atoms with Crippen molar-refractivity contribution in [1.29, 1.82) is 0 Å². The molecule has 1 aliphatic rings. The van der Waals surface area contributed by atoms with Gasteiger partial charge in [0.2, 0.25) is 0 Å². The van der Waals surface area contributed by atoms with Crippen molar-refractivity contribution in [3.63, 3.8) is 0 Å². The van der Waals surface area contributed by atoms with Crippen LogP contribution in [0.4, 0.5) is 23.1 Å². The number of aryl methyl sites for hydroxylation is 1. The van der Waals surface area contributed by atoms with Gasteiger partial charge in [0, 0.05) is 32.0 Å². The van der Waals surface area contributed by atoms with Crippen LogP contribution in [0.1, 0.15) is 32.1 Å². The number of hydrogen-bond acceptors (Lipinski definition) is 7. The van der Waals surface area contributed by atoms with Crippen LogP contribution in [0.15, 0.2) is 36.7 Å². The molecule has 0 saturated carbocycles. The Hall–Kier alpha value is -3.46. The molecular formula is C21H27N7O2. The van der Waals surface area contributed by atoms with E-state index in [2.05, 4.69) is 36.9 Å². The number of hydrogen-bond donors (Lipinski definition) is 4. The highest BCUT2D eigenvalue weighted by molar-refractivity contribution is 5.84. The lowest BCUT2D eigenvalue weighted by molar-refractivity contribution is -0.148. The topological polar surface area (TPSA) is 119 Å². The maximum Gasteiger partial charge on any atom is 0.254 e. The first-order valence-electron chi connectivity index (χ1n) is 9.79. The second kappa shape index (κ2) is 7.75. The first-order valence-corrected chi connectivity index (χ1v) is 9.79. The number of nitrogens with zero attached hydrogens (tertiary/aromatic N) is 4. The quantitative estimate of drug-likeness (QED) is 0.511. The monoisotopic (exact) mass is 409 g/mol. The molecule has 1 amide bonds. The van der Waals surface area contributed by atoms with E-state index in [0.717, 1.165) is 23.4 Å². The van der Waals surface area contributed by atoms with Crippen LogP contribution in [0.25, 0.3) is 0 Å². The number of aromatic nitrogens is 4. The van der Waals surface area contributed by atoms with Gasteiger partial charge in [-0.05, 0) is 50.5 Å². The molecule has 158 valence electrons. The average molecular weight is 409 g/mol. The zero-order valence-corrected chi connectivity index (χ0v) is 17.2. The van der Waals surface area contributed by atoms with E-state index in [0.29, 0.717) is 30.5 Å². The number of benzene rings is 1. The Morgan fingerprint density at radius 2 is 1.93 bits per heavy atom. The minimum atomic E-state index is -1.37. The van der Waals surface area contributed by atoms with Gasteiger partial charge in [0.05, 0.1) is 12.4 Å². The fourth-order valence-electron chi connectivity index (χ4n) is 3.44. The third kappa shape index (κ3) is 4.41. The van der Waals surface area contributed by atoms with Crippen LogP contribution >= 0.6 is 0 Å². The summed E-state index contributed by atoms with van der Waals surface area (Å²) in [6, 6.07) is 7.95. The molecule has 30 heavy (non-hydrogen) atoms. The van der Waals surface area contributed by atoms with Crippen molar-refractivity contribution in [2.75, 3.05) is 17.2 Å². The van der Waals surface area contributed by atoms with Crippen molar-refractivity contribution in [1.82, 2.24) is 25.1 Å². The zero-order valence-electron chi connectivity index (χ0n) is 17.2. The molecule has 0 atom stereocenters. The first-order chi connectivity index (χ1) is 14.3. The predicted octanol–water partition coefficient (Wildman–Crippen LogP) is 2.90. The summed E-state index contributed by atoms with van der Waals surface area (Å²) in [7, 11) is 0. The Bertz CT molecular complexity index is 1080. The summed E-state index contributed by atoms with van der Waals surface area (Å²) in [5.74, 6) is 1.58. The smallest absolute Gasteiger partial charge is 0.254 e. The second-order valence-corrected chi connectivity index (χ2v) is 7.99. The number of nitrogens with one attached hydrogen (secondary N) is 3. The summed E-state index contributed by atoms with van der Waals surface area (Å²) < 4.78 is 0. The van der Waals surface area contributed by atoms with E-state index in [1.54, 1.807) is 17.3 Å². The zero-order chi connectivity index (χ0) is 21.3. The molecular weight excluding hydrogens is 382 g/mol. The van der Waals surface area contributed by atoms with Crippen LogP contribution in [0, 0.1) is 6.92 Å². The van der Waals surface area contributed by atoms with Gasteiger partial charge in [0.1, 0.15) is 5.60 Å². The minimum Gasteiger partial charge on any atom is -0.381 e. The van der Waals surface area contributed by atoms with Crippen LogP contribution < -0.4 is 10.6 Å². The van der Waals surface area contributed by atoms with Crippen molar-refractivity contribution >= 4 is 29.0 Å². The Balaban J connectivity index is 0.00000272. The van der Waals surface area contributed by atoms with Gasteiger partial charge >= 0.3 is 0 Å². The number of carbonyl (C=O) groups excluding carboxylic acids is 1. The van der Waals surface area contributed by atoms with Gasteiger partial charge in [-0.2, -0.15) is 5.10 Å². The van der Waals surface area contributed by atoms with Crippen LogP contribution in [-0.2, 0) is 17.8 Å². The van der Waals surface area contributed by atoms with E-state index in [1.165, 1.54) is 19.4 Å². The molecule has 3 aromatic rings. The van der Waals surface area contributed by atoms with Gasteiger partial charge < -0.3 is 20.6 Å². The molecule has 4 N–H and O–H groups in total. The number of anilines is 4. The van der Waals surface area contributed by atoms with Crippen LogP contribution in [0.3, 0.4) is 0 Å². The molecule has 0 radical (unpaired) electrons. The third-order valence-electron chi connectivity index (χ3n) is 4.90. The van der Waals surface area contributed by atoms with Crippen molar-refractivity contribution in [2.24, 2.45) is 0 Å². The predicted molar refractivity (Wildman–Crippen MR) is 116 cm³/mol. The van der Waals surface area contributed by atoms with Gasteiger partial charge in [-0.15, -0.1) is 0 Å². The summed E-state index contributed by atoms with van der Waals surface area (Å²) in [6.45, 7) is 6.04. The van der Waals surface area contributed by atoms with E-state index in [4.69, 9.17) is 0 Å². The number of fused-ring (bicyclic) bond motifs is 1. The fraction of sp³-hybridized carbons (Fsp3) is 0.333. The van der Waals surface area contributed by atoms with E-state index < -0.39 is 5.60 Å². The molecule has 0 aliphatic carbocycles. The number of amides is 1. The molecule has 2 aromatic heterocycles. The highest BCUT2D eigenvalue weighted by Crippen LogP contribution is 2.26. The molecule has 1 aromatic carbocycles. The Morgan fingerprint density at radius 1 is 1.17 bits per heavy atom. The SMILES string of the molecule is Cc1cc(Nc2cncc(Nc3ccc4c(c3)CN(C(=O)C(C)(C)O)CC4)n2)n[nH]1.[HH]. The van der Waals surface area contributed by atoms with Crippen molar-refractivity contribution in [3.8, 4) is 0 Å². The first kappa shape index (κ1) is 19.8. The van der Waals surface area contributed by atoms with Crippen molar-refractivity contribution in [2.45, 2.75) is 39.3 Å². The molecule has 9 heteroatoms. The molecule has 0 fully saturated rings. The maximum atomic E-state index is 12.4. The molecule has 0 bridgehead atoms. The normalized spacial score (nSPS) is 13.7. The summed E-state index contributed by atoms with van der Waals surface area (Å²) in [4.78, 5) is 22.9. The Kier molecular flexibility index (Phi) is 5.13. The number of H-pyrrole nitrogens is 1. The van der Waals surface area contributed by atoms with Gasteiger partial charge in [0.15, 0.2) is 17.5 Å². The molecule has 0 unspecified atom stereocenters. The molecule has 4 rings (SSSR count). The molecule has 0 saturated heterocycles. The van der Waals surface area contributed by atoms with E-state index in [1.807, 2.05) is 25.1 Å². The molecule has 9 nitrogen and oxygen atoms in total. The maximum absolute atomic E-state index is 12.4. The summed E-state index contributed by atoms with van der Waals surface area (Å²) in [5, 5.41) is 23.4. The van der Waals surface area contributed by atoms with E-state index in [-0.39, 0.29) is 7.33 Å². The van der Waals surface area contributed by atoms with Crippen LogP contribution in [0.5, 0.6) is 0 Å². The second-order valence-electron chi connectivity index (χ2n) is 7.99.